The molecule has 0 atom stereocenters. The van der Waals surface area contributed by atoms with Gasteiger partial charge in [-0.05, 0) is 36.4 Å². The Morgan fingerprint density at radius 1 is 0.235 bits per heavy atom. The SMILES string of the molecule is F[P-](F)(F)(F)(F)F.F[P-](F)(F)(F)(F)F.[Ru+2].c1cnc(-c2ncccn2)nc1.c1cnc(-c2ncccn2)nc1.c1cnc(-c2ncccn2)nc1. The number of rotatable bonds is 3. The van der Waals surface area contributed by atoms with Gasteiger partial charge in [0.1, 0.15) is 0 Å². The molecule has 0 saturated heterocycles. The molecule has 0 unspecified atom stereocenters. The minimum atomic E-state index is -10.7. The zero-order chi connectivity index (χ0) is 37.5. The predicted octanol–water partition coefficient (Wildman–Crippen LogP) is 9.56. The Morgan fingerprint density at radius 3 is 0.392 bits per heavy atom. The zero-order valence-electron chi connectivity index (χ0n) is 24.5. The third kappa shape index (κ3) is 27.6. The standard InChI is InChI=1S/3C8H6N4.2F6P.Ru/c3*1-3-9-7(10-4-1)8-11-5-2-6-12-8;2*1-7(2,3,4,5)6;/h3*1-6H;;;/q;;;2*-1;+2. The maximum absolute atomic E-state index is 10.7. The quantitative estimate of drug-likeness (QED) is 0.0945. The summed E-state index contributed by atoms with van der Waals surface area (Å²) >= 11 is 0. The fourth-order valence-corrected chi connectivity index (χ4v) is 2.49. The summed E-state index contributed by atoms with van der Waals surface area (Å²) in [4.78, 5) is 48.2. The summed E-state index contributed by atoms with van der Waals surface area (Å²) < 4.78 is 118. The summed E-state index contributed by atoms with van der Waals surface area (Å²) in [7, 11) is -21.3. The Morgan fingerprint density at radius 2 is 0.314 bits per heavy atom. The molecule has 6 rings (SSSR count). The Labute approximate surface area is 290 Å². The Hall–Kier alpha value is -4.88. The van der Waals surface area contributed by atoms with E-state index in [9.17, 15) is 50.4 Å². The van der Waals surface area contributed by atoms with Crippen LogP contribution in [0.25, 0.3) is 34.9 Å². The molecule has 0 N–H and O–H groups in total. The van der Waals surface area contributed by atoms with Crippen molar-refractivity contribution in [2.75, 3.05) is 0 Å². The zero-order valence-corrected chi connectivity index (χ0v) is 28.1. The third-order valence-corrected chi connectivity index (χ3v) is 3.99. The van der Waals surface area contributed by atoms with Crippen LogP contribution in [-0.4, -0.2) is 59.8 Å². The summed E-state index contributed by atoms with van der Waals surface area (Å²) in [6, 6.07) is 10.5. The second-order valence-electron chi connectivity index (χ2n) is 8.35. The normalized spacial score (nSPS) is 13.2. The summed E-state index contributed by atoms with van der Waals surface area (Å²) in [6.07, 6.45) is 20.0. The van der Waals surface area contributed by atoms with Gasteiger partial charge in [0.05, 0.1) is 0 Å². The molecule has 0 spiro atoms. The van der Waals surface area contributed by atoms with Gasteiger partial charge in [-0.1, -0.05) is 0 Å². The molecule has 0 aliphatic carbocycles. The van der Waals surface area contributed by atoms with Gasteiger partial charge in [-0.25, -0.2) is 59.8 Å². The van der Waals surface area contributed by atoms with Crippen molar-refractivity contribution in [1.29, 1.82) is 0 Å². The molecular formula is C24H18F12N12P2Ru. The third-order valence-electron chi connectivity index (χ3n) is 3.99. The number of aromatic nitrogens is 12. The van der Waals surface area contributed by atoms with E-state index in [1.165, 1.54) is 0 Å². The summed E-state index contributed by atoms with van der Waals surface area (Å²) in [6.45, 7) is 0. The number of hydrogen-bond acceptors (Lipinski definition) is 12. The fraction of sp³-hybridized carbons (Fsp3) is 0. The number of hydrogen-bond donors (Lipinski definition) is 0. The summed E-state index contributed by atoms with van der Waals surface area (Å²) in [5.74, 6) is 3.32. The van der Waals surface area contributed by atoms with Crippen molar-refractivity contribution >= 4 is 15.6 Å². The Balaban J connectivity index is 0.000000325. The van der Waals surface area contributed by atoms with Gasteiger partial charge in [0.15, 0.2) is 34.9 Å². The summed E-state index contributed by atoms with van der Waals surface area (Å²) in [5.41, 5.74) is 0. The second kappa shape index (κ2) is 16.4. The fourth-order valence-electron chi connectivity index (χ4n) is 2.49. The van der Waals surface area contributed by atoms with Crippen molar-refractivity contribution in [2.24, 2.45) is 0 Å². The molecule has 0 aromatic carbocycles. The first-order chi connectivity index (χ1) is 22.8. The molecule has 51 heavy (non-hydrogen) atoms. The molecule has 0 amide bonds. The van der Waals surface area contributed by atoms with Gasteiger partial charge in [0, 0.05) is 74.4 Å². The molecule has 6 aromatic rings. The smallest absolute Gasteiger partial charge is 0.234 e. The minimum Gasteiger partial charge on any atom is -0.234 e. The molecule has 0 bridgehead atoms. The van der Waals surface area contributed by atoms with E-state index >= 15 is 0 Å². The van der Waals surface area contributed by atoms with E-state index in [0.717, 1.165) is 0 Å². The largest absolute Gasteiger partial charge is 2.00 e. The Bertz CT molecular complexity index is 1520. The van der Waals surface area contributed by atoms with Crippen molar-refractivity contribution in [3.63, 3.8) is 0 Å². The van der Waals surface area contributed by atoms with Crippen LogP contribution in [0.3, 0.4) is 0 Å². The van der Waals surface area contributed by atoms with Crippen LogP contribution in [0.15, 0.2) is 111 Å². The van der Waals surface area contributed by atoms with Gasteiger partial charge in [0.2, 0.25) is 0 Å². The molecule has 27 heteroatoms. The first-order valence-electron chi connectivity index (χ1n) is 12.6. The van der Waals surface area contributed by atoms with Crippen LogP contribution < -0.4 is 0 Å². The van der Waals surface area contributed by atoms with E-state index in [1.807, 2.05) is 0 Å². The van der Waals surface area contributed by atoms with Crippen LogP contribution >= 0.6 is 15.6 Å². The molecule has 12 nitrogen and oxygen atoms in total. The molecule has 276 valence electrons. The van der Waals surface area contributed by atoms with Gasteiger partial charge < -0.3 is 0 Å². The first-order valence-corrected chi connectivity index (χ1v) is 16.6. The van der Waals surface area contributed by atoms with Crippen LogP contribution in [-0.2, 0) is 19.5 Å². The van der Waals surface area contributed by atoms with Gasteiger partial charge in [0.25, 0.3) is 0 Å². The van der Waals surface area contributed by atoms with Crippen molar-refractivity contribution in [3.05, 3.63) is 111 Å². The van der Waals surface area contributed by atoms with E-state index < -0.39 is 15.6 Å². The first kappa shape index (κ1) is 44.1. The minimum absolute atomic E-state index is 0. The van der Waals surface area contributed by atoms with E-state index in [4.69, 9.17) is 0 Å². The number of nitrogens with zero attached hydrogens (tertiary/aromatic N) is 12. The van der Waals surface area contributed by atoms with Gasteiger partial charge in [-0.2, -0.15) is 0 Å². The van der Waals surface area contributed by atoms with Gasteiger partial charge >= 0.3 is 85.5 Å². The molecule has 0 aliphatic rings. The van der Waals surface area contributed by atoms with Crippen molar-refractivity contribution in [1.82, 2.24) is 59.8 Å². The van der Waals surface area contributed by atoms with Gasteiger partial charge in [-0.3, -0.25) is 0 Å². The topological polar surface area (TPSA) is 155 Å². The van der Waals surface area contributed by atoms with Crippen molar-refractivity contribution < 1.29 is 69.8 Å². The molecule has 6 heterocycles. The molecule has 0 saturated carbocycles. The van der Waals surface area contributed by atoms with Crippen LogP contribution in [0.1, 0.15) is 0 Å². The average molecular weight is 865 g/mol. The van der Waals surface area contributed by atoms with Crippen molar-refractivity contribution in [2.45, 2.75) is 0 Å². The van der Waals surface area contributed by atoms with Crippen LogP contribution in [0.4, 0.5) is 50.4 Å². The van der Waals surface area contributed by atoms with E-state index in [1.54, 1.807) is 111 Å². The second-order valence-corrected chi connectivity index (χ2v) is 12.2. The number of halogens is 12. The van der Waals surface area contributed by atoms with Gasteiger partial charge in [-0.15, -0.1) is 0 Å². The summed E-state index contributed by atoms with van der Waals surface area (Å²) in [5, 5.41) is 0. The molecule has 6 aromatic heterocycles. The molecule has 0 aliphatic heterocycles. The van der Waals surface area contributed by atoms with Crippen LogP contribution in [0.2, 0.25) is 0 Å². The Kier molecular flexibility index (Phi) is 14.2. The maximum atomic E-state index is 9.87. The van der Waals surface area contributed by atoms with E-state index in [-0.39, 0.29) is 19.5 Å². The van der Waals surface area contributed by atoms with Crippen LogP contribution in [0, 0.1) is 0 Å². The molecule has 0 fully saturated rings. The predicted molar refractivity (Wildman–Crippen MR) is 156 cm³/mol. The van der Waals surface area contributed by atoms with Crippen molar-refractivity contribution in [3.8, 4) is 34.9 Å². The van der Waals surface area contributed by atoms with Crippen LogP contribution in [0.5, 0.6) is 0 Å². The molecular weight excluding hydrogens is 847 g/mol. The molecule has 0 radical (unpaired) electrons. The average Bonchev–Trinajstić information content (AvgIpc) is 3.05. The monoisotopic (exact) mass is 866 g/mol. The maximum Gasteiger partial charge on any atom is 2.00 e. The van der Waals surface area contributed by atoms with E-state index in [2.05, 4.69) is 59.8 Å². The van der Waals surface area contributed by atoms with E-state index in [0.29, 0.717) is 34.9 Å².